The van der Waals surface area contributed by atoms with Crippen molar-refractivity contribution >= 4 is 5.91 Å². The fourth-order valence-corrected chi connectivity index (χ4v) is 1.83. The van der Waals surface area contributed by atoms with Crippen LogP contribution in [0.3, 0.4) is 0 Å². The van der Waals surface area contributed by atoms with Crippen molar-refractivity contribution < 1.29 is 14.3 Å². The van der Waals surface area contributed by atoms with Crippen molar-refractivity contribution in [3.05, 3.63) is 48.0 Å². The van der Waals surface area contributed by atoms with Crippen molar-refractivity contribution in [2.24, 2.45) is 5.92 Å². The van der Waals surface area contributed by atoms with Gasteiger partial charge in [0.05, 0.1) is 19.8 Å². The van der Waals surface area contributed by atoms with Gasteiger partial charge in [0, 0.05) is 19.7 Å². The number of carbonyl (C=O) groups excluding carboxylic acids is 1. The van der Waals surface area contributed by atoms with Gasteiger partial charge >= 0.3 is 0 Å². The molecule has 1 atom stereocenters. The molecule has 0 aliphatic carbocycles. The molecule has 0 aliphatic heterocycles. The van der Waals surface area contributed by atoms with Gasteiger partial charge in [0.2, 0.25) is 5.91 Å². The smallest absolute Gasteiger partial charge is 0.243 e. The molecule has 1 unspecified atom stereocenters. The second-order valence-electron chi connectivity index (χ2n) is 4.88. The van der Waals surface area contributed by atoms with Crippen molar-refractivity contribution in [1.82, 2.24) is 5.32 Å². The molecule has 0 aromatic heterocycles. The number of ether oxygens (including phenoxy) is 2. The first kappa shape index (κ1) is 17.4. The SMILES string of the molecule is CCC(CNC(=O)/C=C/COCc1ccccc1)COC. The number of hydrogen-bond acceptors (Lipinski definition) is 3. The number of nitrogens with one attached hydrogen (secondary N) is 1. The molecule has 1 aromatic rings. The van der Waals surface area contributed by atoms with E-state index < -0.39 is 0 Å². The van der Waals surface area contributed by atoms with Crippen LogP contribution in [0.1, 0.15) is 18.9 Å². The second-order valence-corrected chi connectivity index (χ2v) is 4.88. The van der Waals surface area contributed by atoms with Crippen LogP contribution in [0.25, 0.3) is 0 Å². The number of rotatable bonds is 10. The summed E-state index contributed by atoms with van der Waals surface area (Å²) in [6.45, 7) is 4.37. The van der Waals surface area contributed by atoms with Gasteiger partial charge in [0.1, 0.15) is 0 Å². The molecule has 0 bridgehead atoms. The van der Waals surface area contributed by atoms with E-state index in [1.54, 1.807) is 13.2 Å². The third-order valence-electron chi connectivity index (χ3n) is 3.14. The highest BCUT2D eigenvalue weighted by Crippen LogP contribution is 2.01. The van der Waals surface area contributed by atoms with Crippen molar-refractivity contribution in [3.8, 4) is 0 Å². The third-order valence-corrected chi connectivity index (χ3v) is 3.14. The van der Waals surface area contributed by atoms with Gasteiger partial charge in [0.15, 0.2) is 0 Å². The number of carbonyl (C=O) groups is 1. The lowest BCUT2D eigenvalue weighted by atomic mass is 10.1. The molecule has 0 aliphatic rings. The van der Waals surface area contributed by atoms with E-state index in [9.17, 15) is 4.79 Å². The van der Waals surface area contributed by atoms with E-state index in [4.69, 9.17) is 9.47 Å². The predicted octanol–water partition coefficient (Wildman–Crippen LogP) is 2.55. The molecule has 4 nitrogen and oxygen atoms in total. The number of methoxy groups -OCH3 is 1. The number of amides is 1. The van der Waals surface area contributed by atoms with Crippen LogP contribution in [-0.4, -0.2) is 32.8 Å². The Bertz CT molecular complexity index is 417. The summed E-state index contributed by atoms with van der Waals surface area (Å²) in [5.41, 5.74) is 1.13. The minimum atomic E-state index is -0.0899. The van der Waals surface area contributed by atoms with E-state index in [0.29, 0.717) is 32.3 Å². The first-order valence-electron chi connectivity index (χ1n) is 7.31. The van der Waals surface area contributed by atoms with Gasteiger partial charge < -0.3 is 14.8 Å². The predicted molar refractivity (Wildman–Crippen MR) is 83.9 cm³/mol. The largest absolute Gasteiger partial charge is 0.384 e. The summed E-state index contributed by atoms with van der Waals surface area (Å²) in [6, 6.07) is 9.95. The highest BCUT2D eigenvalue weighted by molar-refractivity contribution is 5.87. The normalized spacial score (nSPS) is 12.5. The van der Waals surface area contributed by atoms with Crippen LogP contribution in [0.2, 0.25) is 0 Å². The van der Waals surface area contributed by atoms with Crippen LogP contribution in [0.5, 0.6) is 0 Å². The zero-order valence-electron chi connectivity index (χ0n) is 12.9. The Labute approximate surface area is 127 Å². The van der Waals surface area contributed by atoms with Crippen molar-refractivity contribution in [2.45, 2.75) is 20.0 Å². The highest BCUT2D eigenvalue weighted by Gasteiger charge is 2.06. The third kappa shape index (κ3) is 8.27. The molecular weight excluding hydrogens is 266 g/mol. The monoisotopic (exact) mass is 291 g/mol. The van der Waals surface area contributed by atoms with E-state index in [0.717, 1.165) is 12.0 Å². The van der Waals surface area contributed by atoms with Crippen molar-refractivity contribution in [1.29, 1.82) is 0 Å². The van der Waals surface area contributed by atoms with Gasteiger partial charge in [-0.3, -0.25) is 4.79 Å². The van der Waals surface area contributed by atoms with Gasteiger partial charge in [-0.25, -0.2) is 0 Å². The molecule has 116 valence electrons. The van der Waals surface area contributed by atoms with Crippen LogP contribution >= 0.6 is 0 Å². The lowest BCUT2D eigenvalue weighted by Crippen LogP contribution is -2.29. The van der Waals surface area contributed by atoms with Crippen LogP contribution in [0.4, 0.5) is 0 Å². The van der Waals surface area contributed by atoms with E-state index >= 15 is 0 Å². The summed E-state index contributed by atoms with van der Waals surface area (Å²) in [4.78, 5) is 11.6. The molecule has 1 N–H and O–H groups in total. The summed E-state index contributed by atoms with van der Waals surface area (Å²) >= 11 is 0. The fraction of sp³-hybridized carbons (Fsp3) is 0.471. The molecule has 0 saturated carbocycles. The number of hydrogen-bond donors (Lipinski definition) is 1. The molecular formula is C17H25NO3. The maximum absolute atomic E-state index is 11.6. The maximum atomic E-state index is 11.6. The van der Waals surface area contributed by atoms with E-state index in [2.05, 4.69) is 12.2 Å². The zero-order chi connectivity index (χ0) is 15.3. The van der Waals surface area contributed by atoms with Gasteiger partial charge in [-0.15, -0.1) is 0 Å². The van der Waals surface area contributed by atoms with Crippen molar-refractivity contribution in [3.63, 3.8) is 0 Å². The van der Waals surface area contributed by atoms with E-state index in [1.165, 1.54) is 6.08 Å². The van der Waals surface area contributed by atoms with E-state index in [-0.39, 0.29) is 5.91 Å². The molecule has 4 heteroatoms. The molecule has 1 aromatic carbocycles. The maximum Gasteiger partial charge on any atom is 0.243 e. The molecule has 0 spiro atoms. The Morgan fingerprint density at radius 2 is 2.10 bits per heavy atom. The Balaban J connectivity index is 2.13. The minimum Gasteiger partial charge on any atom is -0.384 e. The van der Waals surface area contributed by atoms with Gasteiger partial charge in [-0.05, 0) is 17.9 Å². The highest BCUT2D eigenvalue weighted by atomic mass is 16.5. The lowest BCUT2D eigenvalue weighted by molar-refractivity contribution is -0.116. The van der Waals surface area contributed by atoms with Gasteiger partial charge in [-0.1, -0.05) is 43.3 Å². The standard InChI is InChI=1S/C17H25NO3/c1-3-15(13-20-2)12-18-17(19)10-7-11-21-14-16-8-5-4-6-9-16/h4-10,15H,3,11-14H2,1-2H3,(H,18,19)/b10-7+. The minimum absolute atomic E-state index is 0.0899. The van der Waals surface area contributed by atoms with Gasteiger partial charge in [-0.2, -0.15) is 0 Å². The van der Waals surface area contributed by atoms with Crippen LogP contribution in [-0.2, 0) is 20.9 Å². The average molecular weight is 291 g/mol. The lowest BCUT2D eigenvalue weighted by Gasteiger charge is -2.13. The summed E-state index contributed by atoms with van der Waals surface area (Å²) in [6.07, 6.45) is 4.23. The molecule has 0 heterocycles. The van der Waals surface area contributed by atoms with Crippen LogP contribution in [0.15, 0.2) is 42.5 Å². The zero-order valence-corrected chi connectivity index (χ0v) is 12.9. The Morgan fingerprint density at radius 1 is 1.33 bits per heavy atom. The second kappa shape index (κ2) is 11.1. The Kier molecular flexibility index (Phi) is 9.16. The quantitative estimate of drug-likeness (QED) is 0.532. The van der Waals surface area contributed by atoms with Crippen LogP contribution < -0.4 is 5.32 Å². The average Bonchev–Trinajstić information content (AvgIpc) is 2.52. The molecule has 21 heavy (non-hydrogen) atoms. The molecule has 1 rings (SSSR count). The first-order valence-corrected chi connectivity index (χ1v) is 7.31. The molecule has 0 saturated heterocycles. The molecule has 0 radical (unpaired) electrons. The summed E-state index contributed by atoms with van der Waals surface area (Å²) in [5.74, 6) is 0.273. The Hall–Kier alpha value is -1.65. The topological polar surface area (TPSA) is 47.6 Å². The molecule has 1 amide bonds. The van der Waals surface area contributed by atoms with E-state index in [1.807, 2.05) is 30.3 Å². The summed E-state index contributed by atoms with van der Waals surface area (Å²) in [5, 5.41) is 2.87. The fourth-order valence-electron chi connectivity index (χ4n) is 1.83. The number of benzene rings is 1. The van der Waals surface area contributed by atoms with Crippen LogP contribution in [0, 0.1) is 5.92 Å². The Morgan fingerprint density at radius 3 is 2.76 bits per heavy atom. The summed E-state index contributed by atoms with van der Waals surface area (Å²) in [7, 11) is 1.68. The molecule has 0 fully saturated rings. The first-order chi connectivity index (χ1) is 10.3. The van der Waals surface area contributed by atoms with Gasteiger partial charge in [0.25, 0.3) is 0 Å². The van der Waals surface area contributed by atoms with Crippen molar-refractivity contribution in [2.75, 3.05) is 26.9 Å². The summed E-state index contributed by atoms with van der Waals surface area (Å²) < 4.78 is 10.6.